The summed E-state index contributed by atoms with van der Waals surface area (Å²) in [6.45, 7) is 6.50. The molecule has 1 fully saturated rings. The lowest BCUT2D eigenvalue weighted by molar-refractivity contribution is 0.279. The van der Waals surface area contributed by atoms with E-state index in [1.807, 2.05) is 19.1 Å². The van der Waals surface area contributed by atoms with Crippen molar-refractivity contribution in [3.63, 3.8) is 0 Å². The van der Waals surface area contributed by atoms with Gasteiger partial charge in [0.1, 0.15) is 0 Å². The van der Waals surface area contributed by atoms with Gasteiger partial charge in [0.2, 0.25) is 0 Å². The van der Waals surface area contributed by atoms with E-state index in [4.69, 9.17) is 16.3 Å². The normalized spacial score (nSPS) is 15.9. The maximum atomic E-state index is 6.19. The number of ether oxygens (including phenoxy) is 1. The van der Waals surface area contributed by atoms with E-state index in [0.29, 0.717) is 5.02 Å². The fraction of sp³-hybridized carbons (Fsp3) is 0.600. The molecule has 1 saturated heterocycles. The Labute approximate surface area is 129 Å². The van der Waals surface area contributed by atoms with Crippen LogP contribution in [0.2, 0.25) is 5.02 Å². The molecule has 0 atom stereocenters. The monoisotopic (exact) mass is 345 g/mol. The van der Waals surface area contributed by atoms with Crippen LogP contribution in [0.4, 0.5) is 0 Å². The second-order valence-corrected chi connectivity index (χ2v) is 6.42. The van der Waals surface area contributed by atoms with E-state index in [9.17, 15) is 0 Å². The van der Waals surface area contributed by atoms with Crippen LogP contribution in [0.3, 0.4) is 0 Å². The largest absolute Gasteiger partial charge is 0.491 e. The molecule has 1 aliphatic heterocycles. The zero-order chi connectivity index (χ0) is 13.7. The lowest BCUT2D eigenvalue weighted by atomic mass is 10.2. The minimum atomic E-state index is 0.686. The lowest BCUT2D eigenvalue weighted by Gasteiger charge is -2.15. The SMILES string of the molecule is Cc1cc(Cl)c(OCCCCN2CCCC2)c(Br)c1. The van der Waals surface area contributed by atoms with Gasteiger partial charge in [-0.2, -0.15) is 0 Å². The van der Waals surface area contributed by atoms with Crippen molar-refractivity contribution in [3.05, 3.63) is 27.2 Å². The number of hydrogen-bond donors (Lipinski definition) is 0. The molecule has 0 unspecified atom stereocenters. The van der Waals surface area contributed by atoms with Gasteiger partial charge in [-0.25, -0.2) is 0 Å². The van der Waals surface area contributed by atoms with Gasteiger partial charge in [0.25, 0.3) is 0 Å². The van der Waals surface area contributed by atoms with Crippen molar-refractivity contribution in [2.45, 2.75) is 32.6 Å². The van der Waals surface area contributed by atoms with Crippen LogP contribution < -0.4 is 4.74 Å². The predicted molar refractivity (Wildman–Crippen MR) is 84.3 cm³/mol. The molecule has 1 heterocycles. The molecule has 1 aromatic carbocycles. The second-order valence-electron chi connectivity index (χ2n) is 5.16. The maximum absolute atomic E-state index is 6.19. The van der Waals surface area contributed by atoms with Crippen molar-refractivity contribution in [3.8, 4) is 5.75 Å². The van der Waals surface area contributed by atoms with E-state index in [-0.39, 0.29) is 0 Å². The Hall–Kier alpha value is -0.250. The highest BCUT2D eigenvalue weighted by atomic mass is 79.9. The molecule has 1 aromatic rings. The molecule has 0 saturated carbocycles. The van der Waals surface area contributed by atoms with Gasteiger partial charge in [0.05, 0.1) is 16.1 Å². The number of rotatable bonds is 6. The summed E-state index contributed by atoms with van der Waals surface area (Å²) in [4.78, 5) is 2.54. The Morgan fingerprint density at radius 2 is 2.00 bits per heavy atom. The van der Waals surface area contributed by atoms with E-state index in [2.05, 4.69) is 20.8 Å². The minimum Gasteiger partial charge on any atom is -0.491 e. The highest BCUT2D eigenvalue weighted by molar-refractivity contribution is 9.10. The third-order valence-corrected chi connectivity index (χ3v) is 4.33. The predicted octanol–water partition coefficient (Wildman–Crippen LogP) is 4.67. The van der Waals surface area contributed by atoms with Gasteiger partial charge < -0.3 is 9.64 Å². The minimum absolute atomic E-state index is 0.686. The molecule has 0 aromatic heterocycles. The van der Waals surface area contributed by atoms with Crippen LogP contribution in [-0.2, 0) is 0 Å². The zero-order valence-electron chi connectivity index (χ0n) is 11.4. The van der Waals surface area contributed by atoms with Gasteiger partial charge >= 0.3 is 0 Å². The second kappa shape index (κ2) is 7.51. The molecule has 0 amide bonds. The first kappa shape index (κ1) is 15.1. The number of hydrogen-bond acceptors (Lipinski definition) is 2. The highest BCUT2D eigenvalue weighted by Crippen LogP contribution is 2.34. The fourth-order valence-electron chi connectivity index (χ4n) is 2.44. The van der Waals surface area contributed by atoms with Crippen molar-refractivity contribution in [2.75, 3.05) is 26.2 Å². The van der Waals surface area contributed by atoms with Crippen LogP contribution in [-0.4, -0.2) is 31.1 Å². The first-order valence-corrected chi connectivity index (χ1v) is 8.15. The van der Waals surface area contributed by atoms with Crippen LogP contribution >= 0.6 is 27.5 Å². The molecular weight excluding hydrogens is 326 g/mol. The smallest absolute Gasteiger partial charge is 0.152 e. The van der Waals surface area contributed by atoms with Gasteiger partial charge in [0.15, 0.2) is 5.75 Å². The molecule has 1 aliphatic rings. The molecule has 4 heteroatoms. The van der Waals surface area contributed by atoms with E-state index in [1.54, 1.807) is 0 Å². The van der Waals surface area contributed by atoms with Crippen molar-refractivity contribution >= 4 is 27.5 Å². The Morgan fingerprint density at radius 1 is 1.26 bits per heavy atom. The number of likely N-dealkylation sites (tertiary alicyclic amines) is 1. The molecule has 0 N–H and O–H groups in total. The van der Waals surface area contributed by atoms with Gasteiger partial charge in [-0.15, -0.1) is 0 Å². The van der Waals surface area contributed by atoms with Gasteiger partial charge in [-0.3, -0.25) is 0 Å². The summed E-state index contributed by atoms with van der Waals surface area (Å²) in [5.41, 5.74) is 1.14. The molecule has 2 rings (SSSR count). The Morgan fingerprint density at radius 3 is 2.68 bits per heavy atom. The first-order chi connectivity index (χ1) is 9.16. The molecule has 0 aliphatic carbocycles. The van der Waals surface area contributed by atoms with E-state index >= 15 is 0 Å². The molecule has 0 bridgehead atoms. The third-order valence-electron chi connectivity index (χ3n) is 3.46. The lowest BCUT2D eigenvalue weighted by Crippen LogP contribution is -2.20. The maximum Gasteiger partial charge on any atom is 0.152 e. The van der Waals surface area contributed by atoms with Crippen LogP contribution in [0.15, 0.2) is 16.6 Å². The molecule has 19 heavy (non-hydrogen) atoms. The number of benzene rings is 1. The summed E-state index contributed by atoms with van der Waals surface area (Å²) in [6.07, 6.45) is 5.00. The summed E-state index contributed by atoms with van der Waals surface area (Å²) < 4.78 is 6.73. The zero-order valence-corrected chi connectivity index (χ0v) is 13.8. The van der Waals surface area contributed by atoms with Crippen LogP contribution in [0, 0.1) is 6.92 Å². The summed E-state index contributed by atoms with van der Waals surface area (Å²) in [5.74, 6) is 0.772. The summed E-state index contributed by atoms with van der Waals surface area (Å²) in [5, 5.41) is 0.686. The summed E-state index contributed by atoms with van der Waals surface area (Å²) >= 11 is 9.69. The van der Waals surface area contributed by atoms with Gasteiger partial charge in [-0.05, 0) is 85.9 Å². The van der Waals surface area contributed by atoms with Gasteiger partial charge in [0, 0.05) is 0 Å². The van der Waals surface area contributed by atoms with Crippen molar-refractivity contribution < 1.29 is 4.74 Å². The van der Waals surface area contributed by atoms with Crippen LogP contribution in [0.5, 0.6) is 5.75 Å². The Bertz CT molecular complexity index is 396. The molecule has 2 nitrogen and oxygen atoms in total. The Kier molecular flexibility index (Phi) is 5.99. The van der Waals surface area contributed by atoms with Crippen molar-refractivity contribution in [1.82, 2.24) is 4.90 Å². The molecule has 0 radical (unpaired) electrons. The summed E-state index contributed by atoms with van der Waals surface area (Å²) in [7, 11) is 0. The molecule has 0 spiro atoms. The molecule has 106 valence electrons. The van der Waals surface area contributed by atoms with Crippen molar-refractivity contribution in [1.29, 1.82) is 0 Å². The first-order valence-electron chi connectivity index (χ1n) is 6.97. The number of nitrogens with zero attached hydrogens (tertiary/aromatic N) is 1. The standard InChI is InChI=1S/C15H21BrClNO/c1-12-10-13(16)15(14(17)11-12)19-9-5-4-8-18-6-2-3-7-18/h10-11H,2-9H2,1H3. The number of unbranched alkanes of at least 4 members (excludes halogenated alkanes) is 1. The number of halogens is 2. The van der Waals surface area contributed by atoms with E-state index in [0.717, 1.165) is 28.8 Å². The highest BCUT2D eigenvalue weighted by Gasteiger charge is 2.11. The Balaban J connectivity index is 1.70. The van der Waals surface area contributed by atoms with Crippen molar-refractivity contribution in [2.24, 2.45) is 0 Å². The quantitative estimate of drug-likeness (QED) is 0.694. The average Bonchev–Trinajstić information content (AvgIpc) is 2.84. The fourth-order valence-corrected chi connectivity index (χ4v) is 3.57. The summed E-state index contributed by atoms with van der Waals surface area (Å²) in [6, 6.07) is 3.97. The van der Waals surface area contributed by atoms with Crippen LogP contribution in [0.1, 0.15) is 31.2 Å². The van der Waals surface area contributed by atoms with Crippen LogP contribution in [0.25, 0.3) is 0 Å². The van der Waals surface area contributed by atoms with E-state index < -0.39 is 0 Å². The average molecular weight is 347 g/mol. The third kappa shape index (κ3) is 4.66. The van der Waals surface area contributed by atoms with Gasteiger partial charge in [-0.1, -0.05) is 11.6 Å². The molecular formula is C15H21BrClNO. The topological polar surface area (TPSA) is 12.5 Å². The van der Waals surface area contributed by atoms with E-state index in [1.165, 1.54) is 38.9 Å². The number of aryl methyl sites for hydroxylation is 1.